The molecule has 46 heavy (non-hydrogen) atoms. The molecule has 3 atom stereocenters. The molecule has 2 aromatic rings. The minimum absolute atomic E-state index is 0.0892. The summed E-state index contributed by atoms with van der Waals surface area (Å²) in [4.78, 5) is 25.3. The molecule has 0 bridgehead atoms. The number of hydrogen-bond donors (Lipinski definition) is 1. The fraction of sp³-hybridized carbons (Fsp3) is 0.786. The second-order valence-electron chi connectivity index (χ2n) is 15.1. The second-order valence-corrected chi connectivity index (χ2v) is 26.3. The number of nitrogens with zero attached hydrogens (tertiary/aromatic N) is 4. The SMILES string of the molecule is CC(C)C(=O)Nc1ncnc2c1ncn2[C@H]1C[C@H](O[Si](C)(C)C(C)(C)C)[C@](CO[Si](C)(C)C(C)(C)C)(COS(=O)(=O)C(F)(F)F)O1. The van der Waals surface area contributed by atoms with E-state index in [4.69, 9.17) is 17.8 Å². The maximum absolute atomic E-state index is 13.5. The maximum atomic E-state index is 13.5. The van der Waals surface area contributed by atoms with Gasteiger partial charge >= 0.3 is 15.6 Å². The van der Waals surface area contributed by atoms with E-state index in [1.54, 1.807) is 18.4 Å². The van der Waals surface area contributed by atoms with Crippen LogP contribution < -0.4 is 5.32 Å². The Kier molecular flexibility index (Phi) is 10.7. The summed E-state index contributed by atoms with van der Waals surface area (Å²) in [7, 11) is -11.2. The number of carbonyl (C=O) groups is 1. The average Bonchev–Trinajstić information content (AvgIpc) is 3.46. The molecule has 0 saturated carbocycles. The first-order valence-electron chi connectivity index (χ1n) is 15.1. The van der Waals surface area contributed by atoms with Crippen molar-refractivity contribution in [2.75, 3.05) is 18.5 Å². The number of rotatable bonds is 11. The van der Waals surface area contributed by atoms with Crippen molar-refractivity contribution < 1.29 is 44.2 Å². The minimum Gasteiger partial charge on any atom is -0.414 e. The molecule has 3 rings (SSSR count). The van der Waals surface area contributed by atoms with E-state index in [1.807, 2.05) is 67.7 Å². The van der Waals surface area contributed by atoms with E-state index < -0.39 is 56.8 Å². The molecule has 1 aliphatic heterocycles. The van der Waals surface area contributed by atoms with Gasteiger partial charge in [0.15, 0.2) is 33.6 Å². The fourth-order valence-corrected chi connectivity index (χ4v) is 7.03. The molecule has 1 amide bonds. The van der Waals surface area contributed by atoms with Crippen molar-refractivity contribution in [3.63, 3.8) is 0 Å². The van der Waals surface area contributed by atoms with Gasteiger partial charge in [-0.15, -0.1) is 0 Å². The fourth-order valence-electron chi connectivity index (χ4n) is 4.13. The molecular weight excluding hydrogens is 664 g/mol. The monoisotopic (exact) mass is 711 g/mol. The molecule has 2 aromatic heterocycles. The second kappa shape index (κ2) is 12.8. The molecule has 3 heterocycles. The Morgan fingerprint density at radius 3 is 2.15 bits per heavy atom. The lowest BCUT2D eigenvalue weighted by molar-refractivity contribution is -0.141. The first-order valence-corrected chi connectivity index (χ1v) is 22.3. The van der Waals surface area contributed by atoms with E-state index in [-0.39, 0.29) is 51.9 Å². The Labute approximate surface area is 271 Å². The Balaban J connectivity index is 2.16. The Hall–Kier alpha value is -1.97. The van der Waals surface area contributed by atoms with Crippen LogP contribution in [-0.2, 0) is 32.7 Å². The smallest absolute Gasteiger partial charge is 0.414 e. The van der Waals surface area contributed by atoms with E-state index in [0.717, 1.165) is 0 Å². The van der Waals surface area contributed by atoms with Gasteiger partial charge in [-0.25, -0.2) is 15.0 Å². The standard InChI is InChI=1S/C28H48F3N5O7SSi2/c1-18(2)24(37)35-22-21-23(33-16-32-22)36(17-34-21)20-13-19(43-46(11,12)26(6,7)8)27(42-20,14-40-44(38,39)28(29,30)31)15-41-45(9,10)25(3,4)5/h16-20H,13-15H2,1-12H3,(H,32,33,35,37)/t19-,20+,27+/m0/s1. The highest BCUT2D eigenvalue weighted by atomic mass is 32.2. The van der Waals surface area contributed by atoms with Gasteiger partial charge in [-0.1, -0.05) is 55.4 Å². The lowest BCUT2D eigenvalue weighted by Crippen LogP contribution is -2.57. The molecule has 18 heteroatoms. The third kappa shape index (κ3) is 8.00. The summed E-state index contributed by atoms with van der Waals surface area (Å²) in [6, 6.07) is 0. The molecule has 1 fully saturated rings. The average molecular weight is 712 g/mol. The van der Waals surface area contributed by atoms with Crippen LogP contribution in [0.3, 0.4) is 0 Å². The van der Waals surface area contributed by atoms with E-state index in [0.29, 0.717) is 0 Å². The molecule has 0 aromatic carbocycles. The number of imidazole rings is 1. The lowest BCUT2D eigenvalue weighted by Gasteiger charge is -2.44. The van der Waals surface area contributed by atoms with Crippen LogP contribution in [0.25, 0.3) is 11.2 Å². The zero-order valence-corrected chi connectivity index (χ0v) is 31.5. The number of hydrogen-bond acceptors (Lipinski definition) is 10. The van der Waals surface area contributed by atoms with Crippen molar-refractivity contribution in [2.45, 2.75) is 122 Å². The van der Waals surface area contributed by atoms with Crippen molar-refractivity contribution in [1.82, 2.24) is 19.5 Å². The molecule has 12 nitrogen and oxygen atoms in total. The van der Waals surface area contributed by atoms with Crippen molar-refractivity contribution in [3.05, 3.63) is 12.7 Å². The van der Waals surface area contributed by atoms with Gasteiger partial charge in [0, 0.05) is 12.3 Å². The molecule has 262 valence electrons. The highest BCUT2D eigenvalue weighted by Gasteiger charge is 2.57. The number of fused-ring (bicyclic) bond motifs is 1. The number of nitrogens with one attached hydrogen (secondary N) is 1. The largest absolute Gasteiger partial charge is 0.523 e. The van der Waals surface area contributed by atoms with Crippen molar-refractivity contribution >= 4 is 49.6 Å². The predicted octanol–water partition coefficient (Wildman–Crippen LogP) is 6.36. The highest BCUT2D eigenvalue weighted by Crippen LogP contribution is 2.47. The van der Waals surface area contributed by atoms with Gasteiger partial charge in [-0.3, -0.25) is 13.5 Å². The predicted molar refractivity (Wildman–Crippen MR) is 172 cm³/mol. The number of carbonyl (C=O) groups excluding carboxylic acids is 1. The van der Waals surface area contributed by atoms with Gasteiger partial charge in [0.1, 0.15) is 24.8 Å². The van der Waals surface area contributed by atoms with E-state index in [1.165, 1.54) is 12.7 Å². The van der Waals surface area contributed by atoms with Crippen LogP contribution in [0.1, 0.15) is 68.0 Å². The van der Waals surface area contributed by atoms with Crippen LogP contribution >= 0.6 is 0 Å². The van der Waals surface area contributed by atoms with Gasteiger partial charge in [0.25, 0.3) is 0 Å². The number of aromatic nitrogens is 4. The molecule has 1 saturated heterocycles. The Morgan fingerprint density at radius 1 is 1.04 bits per heavy atom. The summed E-state index contributed by atoms with van der Waals surface area (Å²) < 4.78 is 90.9. The molecule has 1 N–H and O–H groups in total. The summed E-state index contributed by atoms with van der Waals surface area (Å²) >= 11 is 0. The Bertz CT molecular complexity index is 1520. The van der Waals surface area contributed by atoms with Gasteiger partial charge < -0.3 is 18.9 Å². The summed E-state index contributed by atoms with van der Waals surface area (Å²) in [5.74, 6) is -0.422. The normalized spacial score (nSPS) is 22.2. The zero-order valence-electron chi connectivity index (χ0n) is 28.7. The van der Waals surface area contributed by atoms with Gasteiger partial charge in [-0.05, 0) is 36.3 Å². The molecule has 0 unspecified atom stereocenters. The van der Waals surface area contributed by atoms with Crippen LogP contribution in [0.2, 0.25) is 36.3 Å². The summed E-state index contributed by atoms with van der Waals surface area (Å²) in [5.41, 5.74) is -6.86. The lowest BCUT2D eigenvalue weighted by atomic mass is 9.99. The summed E-state index contributed by atoms with van der Waals surface area (Å²) in [6.07, 6.45) is 0.902. The Morgan fingerprint density at radius 2 is 1.63 bits per heavy atom. The number of anilines is 1. The number of amides is 1. The first-order chi connectivity index (χ1) is 20.6. The van der Waals surface area contributed by atoms with E-state index in [9.17, 15) is 26.4 Å². The number of alkyl halides is 3. The van der Waals surface area contributed by atoms with Crippen molar-refractivity contribution in [3.8, 4) is 0 Å². The quantitative estimate of drug-likeness (QED) is 0.159. The van der Waals surface area contributed by atoms with Crippen molar-refractivity contribution in [1.29, 1.82) is 0 Å². The maximum Gasteiger partial charge on any atom is 0.523 e. The molecule has 0 aliphatic carbocycles. The van der Waals surface area contributed by atoms with Crippen LogP contribution in [0, 0.1) is 5.92 Å². The minimum atomic E-state index is -5.98. The third-order valence-electron chi connectivity index (χ3n) is 9.28. The zero-order chi connectivity index (χ0) is 35.3. The van der Waals surface area contributed by atoms with Crippen LogP contribution in [-0.4, -0.2) is 80.9 Å². The molecule has 1 aliphatic rings. The van der Waals surface area contributed by atoms with E-state index >= 15 is 0 Å². The number of halogens is 3. The van der Waals surface area contributed by atoms with Crippen LogP contribution in [0.15, 0.2) is 12.7 Å². The highest BCUT2D eigenvalue weighted by molar-refractivity contribution is 7.87. The topological polar surface area (TPSA) is 144 Å². The first kappa shape index (κ1) is 38.5. The third-order valence-corrected chi connectivity index (χ3v) is 19.2. The number of ether oxygens (including phenoxy) is 1. The van der Waals surface area contributed by atoms with Gasteiger partial charge in [0.05, 0.1) is 19.0 Å². The molecular formula is C28H48F3N5O7SSi2. The molecule has 0 spiro atoms. The van der Waals surface area contributed by atoms with E-state index in [2.05, 4.69) is 20.3 Å². The van der Waals surface area contributed by atoms with Crippen molar-refractivity contribution in [2.24, 2.45) is 5.92 Å². The summed E-state index contributed by atoms with van der Waals surface area (Å²) in [5, 5.41) is 2.13. The summed E-state index contributed by atoms with van der Waals surface area (Å²) in [6.45, 7) is 22.1. The molecule has 0 radical (unpaired) electrons. The van der Waals surface area contributed by atoms with Gasteiger partial charge in [0.2, 0.25) is 5.91 Å². The van der Waals surface area contributed by atoms with Gasteiger partial charge in [-0.2, -0.15) is 21.6 Å². The van der Waals surface area contributed by atoms with Crippen LogP contribution in [0.4, 0.5) is 19.0 Å². The van der Waals surface area contributed by atoms with Crippen LogP contribution in [0.5, 0.6) is 0 Å².